The maximum absolute atomic E-state index is 13.2. The van der Waals surface area contributed by atoms with Gasteiger partial charge in [0.25, 0.3) is 10.2 Å². The molecule has 11 heteroatoms. The zero-order valence-electron chi connectivity index (χ0n) is 17.2. The molecule has 6 nitrogen and oxygen atoms in total. The van der Waals surface area contributed by atoms with Crippen molar-refractivity contribution in [3.8, 4) is 5.75 Å². The van der Waals surface area contributed by atoms with E-state index in [0.717, 1.165) is 29.7 Å². The Balaban J connectivity index is 1.72. The van der Waals surface area contributed by atoms with Crippen molar-refractivity contribution in [3.63, 3.8) is 0 Å². The fourth-order valence-corrected chi connectivity index (χ4v) is 7.81. The van der Waals surface area contributed by atoms with Crippen LogP contribution in [0.2, 0.25) is 0 Å². The quantitative estimate of drug-likeness (QED) is 0.533. The molecule has 174 valence electrons. The Hall–Kier alpha value is -0.880. The minimum absolute atomic E-state index is 0.0729. The molecule has 0 N–H and O–H groups in total. The molecule has 4 rings (SSSR count). The Morgan fingerprint density at radius 1 is 1.19 bits per heavy atom. The van der Waals surface area contributed by atoms with E-state index in [0.29, 0.717) is 29.1 Å². The molecule has 3 aliphatic rings. The Kier molecular flexibility index (Phi) is 6.37. The van der Waals surface area contributed by atoms with Gasteiger partial charge in [0, 0.05) is 19.0 Å². The summed E-state index contributed by atoms with van der Waals surface area (Å²) in [6, 6.07) is 5.90. The van der Waals surface area contributed by atoms with Crippen LogP contribution in [-0.2, 0) is 27.8 Å². The lowest BCUT2D eigenvalue weighted by molar-refractivity contribution is -0.136. The van der Waals surface area contributed by atoms with Gasteiger partial charge in [0.2, 0.25) is 0 Å². The largest absolute Gasteiger partial charge is 0.493 e. The second-order valence-corrected chi connectivity index (χ2v) is 11.1. The molecule has 1 spiro atoms. The van der Waals surface area contributed by atoms with Gasteiger partial charge in [0.1, 0.15) is 19.0 Å². The van der Waals surface area contributed by atoms with Crippen LogP contribution in [0.15, 0.2) is 18.2 Å². The van der Waals surface area contributed by atoms with Gasteiger partial charge in [0.05, 0.1) is 12.1 Å². The molecule has 0 radical (unpaired) electrons. The molecule has 2 aliphatic carbocycles. The zero-order chi connectivity index (χ0) is 22.4. The number of fused-ring (bicyclic) bond motifs is 1. The summed E-state index contributed by atoms with van der Waals surface area (Å²) in [6.07, 6.45) is -1.83. The summed E-state index contributed by atoms with van der Waals surface area (Å²) in [5, 5.41) is 0.705. The first-order chi connectivity index (χ1) is 14.6. The Labute approximate surface area is 189 Å². The van der Waals surface area contributed by atoms with Crippen molar-refractivity contribution in [3.05, 3.63) is 29.3 Å². The van der Waals surface area contributed by atoms with E-state index in [1.165, 1.54) is 11.4 Å². The maximum atomic E-state index is 13.2. The standard InChI is InChI=1S/C20H26BrF3N2O4S/c1-29-13-26-19(11-25(31(26,27)28)12-20(22,23)24)16-3-4-17(19)9-15-10-18(30-7-6-21)5-2-14(15)8-16/h2,5,10,16-17H,3-4,6-9,11-13H2,1H3/t16-,17+,19+/m0/s1. The minimum atomic E-state index is -4.61. The highest BCUT2D eigenvalue weighted by Crippen LogP contribution is 2.55. The van der Waals surface area contributed by atoms with Gasteiger partial charge < -0.3 is 9.47 Å². The minimum Gasteiger partial charge on any atom is -0.493 e. The Morgan fingerprint density at radius 3 is 2.48 bits per heavy atom. The van der Waals surface area contributed by atoms with E-state index in [2.05, 4.69) is 15.9 Å². The van der Waals surface area contributed by atoms with Gasteiger partial charge in [0.15, 0.2) is 0 Å². The van der Waals surface area contributed by atoms with Gasteiger partial charge >= 0.3 is 6.18 Å². The maximum Gasteiger partial charge on any atom is 0.402 e. The van der Waals surface area contributed by atoms with Gasteiger partial charge in [-0.15, -0.1) is 0 Å². The number of nitrogens with zero attached hydrogens (tertiary/aromatic N) is 2. The summed E-state index contributed by atoms with van der Waals surface area (Å²) in [6.45, 7) is -1.36. The van der Waals surface area contributed by atoms with Crippen molar-refractivity contribution >= 4 is 26.1 Å². The molecule has 1 saturated heterocycles. The Morgan fingerprint density at radius 2 is 1.87 bits per heavy atom. The summed E-state index contributed by atoms with van der Waals surface area (Å²) in [5.41, 5.74) is 1.29. The monoisotopic (exact) mass is 526 g/mol. The highest BCUT2D eigenvalue weighted by Gasteiger charge is 2.65. The van der Waals surface area contributed by atoms with Crippen LogP contribution in [0.3, 0.4) is 0 Å². The third-order valence-corrected chi connectivity index (χ3v) is 9.07. The lowest BCUT2D eigenvalue weighted by atomic mass is 9.78. The van der Waals surface area contributed by atoms with E-state index in [1.54, 1.807) is 0 Å². The molecule has 0 amide bonds. The van der Waals surface area contributed by atoms with Crippen molar-refractivity contribution in [1.82, 2.24) is 8.61 Å². The van der Waals surface area contributed by atoms with E-state index in [1.807, 2.05) is 18.2 Å². The highest BCUT2D eigenvalue weighted by molar-refractivity contribution is 9.09. The van der Waals surface area contributed by atoms with Gasteiger partial charge in [-0.1, -0.05) is 22.0 Å². The number of benzene rings is 1. The van der Waals surface area contributed by atoms with Crippen molar-refractivity contribution in [2.24, 2.45) is 11.8 Å². The first kappa shape index (κ1) is 23.3. The Bertz CT molecular complexity index is 929. The van der Waals surface area contributed by atoms with Crippen LogP contribution in [0.1, 0.15) is 24.0 Å². The zero-order valence-corrected chi connectivity index (χ0v) is 19.6. The molecular weight excluding hydrogens is 501 g/mol. The third-order valence-electron chi connectivity index (χ3n) is 6.83. The summed E-state index contributed by atoms with van der Waals surface area (Å²) in [4.78, 5) is 0. The van der Waals surface area contributed by atoms with Crippen LogP contribution in [-0.4, -0.2) is 67.6 Å². The van der Waals surface area contributed by atoms with E-state index in [9.17, 15) is 21.6 Å². The van der Waals surface area contributed by atoms with Gasteiger partial charge in [-0.25, -0.2) is 0 Å². The predicted molar refractivity (Wildman–Crippen MR) is 112 cm³/mol. The fraction of sp³-hybridized carbons (Fsp3) is 0.700. The number of methoxy groups -OCH3 is 1. The molecule has 3 atom stereocenters. The number of hydrogen-bond acceptors (Lipinski definition) is 4. The molecule has 0 aromatic heterocycles. The van der Waals surface area contributed by atoms with Gasteiger partial charge in [-0.05, 0) is 60.8 Å². The molecule has 1 aromatic carbocycles. The third kappa shape index (κ3) is 4.12. The molecule has 0 unspecified atom stereocenters. The van der Waals surface area contributed by atoms with Crippen molar-refractivity contribution in [2.45, 2.75) is 37.4 Å². The molecule has 1 heterocycles. The van der Waals surface area contributed by atoms with Crippen molar-refractivity contribution < 1.29 is 31.1 Å². The first-order valence-electron chi connectivity index (χ1n) is 10.3. The lowest BCUT2D eigenvalue weighted by Gasteiger charge is -2.40. The average Bonchev–Trinajstić information content (AvgIpc) is 3.04. The van der Waals surface area contributed by atoms with Crippen LogP contribution in [0.4, 0.5) is 13.2 Å². The van der Waals surface area contributed by atoms with E-state index >= 15 is 0 Å². The molecule has 1 saturated carbocycles. The molecule has 1 aliphatic heterocycles. The van der Waals surface area contributed by atoms with Crippen molar-refractivity contribution in [1.29, 1.82) is 0 Å². The lowest BCUT2D eigenvalue weighted by Crippen LogP contribution is -2.55. The number of rotatable bonds is 6. The van der Waals surface area contributed by atoms with Crippen LogP contribution in [0.5, 0.6) is 5.75 Å². The summed E-state index contributed by atoms with van der Waals surface area (Å²) < 4.78 is 78.6. The summed E-state index contributed by atoms with van der Waals surface area (Å²) >= 11 is 3.34. The van der Waals surface area contributed by atoms with E-state index in [-0.39, 0.29) is 25.1 Å². The summed E-state index contributed by atoms with van der Waals surface area (Å²) in [5.74, 6) is 0.584. The molecule has 2 fully saturated rings. The second kappa shape index (κ2) is 8.48. The van der Waals surface area contributed by atoms with E-state index < -0.39 is 28.5 Å². The predicted octanol–water partition coefficient (Wildman–Crippen LogP) is 3.35. The molecular formula is C20H26BrF3N2O4S. The second-order valence-electron chi connectivity index (χ2n) is 8.50. The molecule has 1 aromatic rings. The highest BCUT2D eigenvalue weighted by atomic mass is 79.9. The van der Waals surface area contributed by atoms with Gasteiger partial charge in [-0.2, -0.15) is 30.2 Å². The fourth-order valence-electron chi connectivity index (χ4n) is 5.67. The van der Waals surface area contributed by atoms with Gasteiger partial charge in [-0.3, -0.25) is 0 Å². The van der Waals surface area contributed by atoms with E-state index in [4.69, 9.17) is 9.47 Å². The first-order valence-corrected chi connectivity index (χ1v) is 12.8. The number of alkyl halides is 4. The average molecular weight is 527 g/mol. The number of hydrogen-bond donors (Lipinski definition) is 0. The topological polar surface area (TPSA) is 59.1 Å². The SMILES string of the molecule is COCN1[C@@]2(CN(CC(F)(F)F)S1(=O)=O)[C@@H]1CC[C@H]2Cc2ccc(OCCBr)cc2C1. The molecule has 31 heavy (non-hydrogen) atoms. The number of ether oxygens (including phenoxy) is 2. The van der Waals surface area contributed by atoms with Crippen LogP contribution < -0.4 is 4.74 Å². The molecule has 2 bridgehead atoms. The van der Waals surface area contributed by atoms with Crippen molar-refractivity contribution in [2.75, 3.05) is 38.9 Å². The normalized spacial score (nSPS) is 30.5. The summed E-state index contributed by atoms with van der Waals surface area (Å²) in [7, 11) is -2.92. The van der Waals surface area contributed by atoms with Crippen LogP contribution in [0.25, 0.3) is 0 Å². The number of halogens is 4. The van der Waals surface area contributed by atoms with Crippen LogP contribution in [0, 0.1) is 11.8 Å². The van der Waals surface area contributed by atoms with Crippen LogP contribution >= 0.6 is 15.9 Å². The smallest absolute Gasteiger partial charge is 0.402 e.